The fourth-order valence-corrected chi connectivity index (χ4v) is 1.81. The summed E-state index contributed by atoms with van der Waals surface area (Å²) in [5.41, 5.74) is 0. The predicted molar refractivity (Wildman–Crippen MR) is 41.4 cm³/mol. The Balaban J connectivity index is 3.56. The number of hydrogen-bond donors (Lipinski definition) is 0. The summed E-state index contributed by atoms with van der Waals surface area (Å²) < 4.78 is 0. The lowest BCUT2D eigenvalue weighted by Gasteiger charge is -1.89. The van der Waals surface area contributed by atoms with E-state index < -0.39 is 14.1 Å². The summed E-state index contributed by atoms with van der Waals surface area (Å²) in [6.45, 7) is 7.16. The summed E-state index contributed by atoms with van der Waals surface area (Å²) in [6, 6.07) is 0. The Bertz CT molecular complexity index is 124. The van der Waals surface area contributed by atoms with Gasteiger partial charge in [-0.2, -0.15) is 0 Å². The smallest absolute Gasteiger partial charge is 0.225 e. The van der Waals surface area contributed by atoms with Crippen molar-refractivity contribution in [1.29, 1.82) is 5.26 Å². The van der Waals surface area contributed by atoms with Crippen LogP contribution in [0.2, 0.25) is 10.6 Å². The van der Waals surface area contributed by atoms with Gasteiger partial charge in [-0.25, -0.2) is 5.26 Å². The van der Waals surface area contributed by atoms with Crippen molar-refractivity contribution in [3.8, 4) is 4.93 Å². The highest BCUT2D eigenvalue weighted by molar-refractivity contribution is 6.67. The first kappa shape index (κ1) is 8.50. The Morgan fingerprint density at radius 1 is 1.33 bits per heavy atom. The van der Waals surface area contributed by atoms with E-state index >= 15 is 0 Å². The monoisotopic (exact) mass is 135 g/mol. The first-order valence-corrected chi connectivity index (χ1v) is 5.17. The summed E-state index contributed by atoms with van der Waals surface area (Å²) in [7, 11) is 0. The van der Waals surface area contributed by atoms with E-state index in [-0.39, 0.29) is 0 Å². The number of hydrogen-bond acceptors (Lipinski definition) is 1. The van der Waals surface area contributed by atoms with Gasteiger partial charge in [-0.3, -0.25) is 0 Å². The quantitative estimate of drug-likeness (QED) is 0.426. The molecule has 0 aromatic rings. The molecule has 0 radical (unpaired) electrons. The van der Waals surface area contributed by atoms with Crippen LogP contribution in [0.1, 0.15) is 0 Å². The molecule has 0 aliphatic heterocycles. The van der Waals surface area contributed by atoms with Crippen molar-refractivity contribution in [2.24, 2.45) is 0 Å². The molecule has 46 valence electrons. The van der Waals surface area contributed by atoms with Crippen molar-refractivity contribution in [1.82, 2.24) is 0 Å². The molecule has 0 aromatic heterocycles. The molecule has 0 fully saturated rings. The molecule has 0 saturated heterocycles. The second-order valence-corrected chi connectivity index (χ2v) is 4.47. The van der Waals surface area contributed by atoms with Gasteiger partial charge in [0.25, 0.3) is 0 Å². The highest BCUT2D eigenvalue weighted by atomic mass is 27.2. The topological polar surface area (TPSA) is 23.8 Å². The van der Waals surface area contributed by atoms with Crippen molar-refractivity contribution >= 4 is 14.1 Å². The van der Waals surface area contributed by atoms with E-state index in [1.54, 1.807) is 0 Å². The molecule has 2 heteroatoms. The van der Waals surface area contributed by atoms with E-state index in [9.17, 15) is 0 Å². The van der Waals surface area contributed by atoms with E-state index in [1.807, 2.05) is 12.2 Å². The van der Waals surface area contributed by atoms with E-state index in [0.29, 0.717) is 0 Å². The molecule has 0 amide bonds. The van der Waals surface area contributed by atoms with Gasteiger partial charge in [0.05, 0.1) is 0 Å². The number of rotatable bonds is 4. The highest BCUT2D eigenvalue weighted by Crippen LogP contribution is 1.98. The Labute approximate surface area is 60.7 Å². The molecule has 0 saturated carbocycles. The summed E-state index contributed by atoms with van der Waals surface area (Å²) in [5, 5.41) is 10.3. The van der Waals surface area contributed by atoms with Gasteiger partial charge in [-0.15, -0.1) is 25.3 Å². The Kier molecular flexibility index (Phi) is 5.32. The first-order valence-electron chi connectivity index (χ1n) is 2.96. The number of allylic oxidation sites excluding steroid dienone is 2. The van der Waals surface area contributed by atoms with Gasteiger partial charge in [0.2, 0.25) is 0 Å². The molecular formula is C7H10AlN. The van der Waals surface area contributed by atoms with Crippen LogP contribution in [0.4, 0.5) is 0 Å². The molecule has 0 N–H and O–H groups in total. The molecule has 0 unspecified atom stereocenters. The lowest BCUT2D eigenvalue weighted by molar-refractivity contribution is 1.50. The van der Waals surface area contributed by atoms with Crippen LogP contribution in [-0.2, 0) is 0 Å². The maximum Gasteiger partial charge on any atom is 0.430 e. The fourth-order valence-electron chi connectivity index (χ4n) is 0.604. The average Bonchev–Trinajstić information content (AvgIpc) is 1.88. The van der Waals surface area contributed by atoms with E-state index in [0.717, 1.165) is 10.6 Å². The molecule has 0 rings (SSSR count). The first-order chi connectivity index (χ1) is 4.35. The molecule has 0 heterocycles. The van der Waals surface area contributed by atoms with Crippen LogP contribution < -0.4 is 0 Å². The van der Waals surface area contributed by atoms with Gasteiger partial charge < -0.3 is 0 Å². The molecule has 0 aromatic carbocycles. The molecule has 0 aliphatic rings. The van der Waals surface area contributed by atoms with Crippen LogP contribution in [0.25, 0.3) is 0 Å². The van der Waals surface area contributed by atoms with E-state index in [1.165, 1.54) is 0 Å². The Hall–Kier alpha value is -0.498. The van der Waals surface area contributed by atoms with Crippen LogP contribution in [0, 0.1) is 10.2 Å². The minimum atomic E-state index is -1.14. The maximum absolute atomic E-state index is 8.50. The average molecular weight is 135 g/mol. The molecule has 9 heavy (non-hydrogen) atoms. The van der Waals surface area contributed by atoms with Crippen molar-refractivity contribution in [3.63, 3.8) is 0 Å². The van der Waals surface area contributed by atoms with Gasteiger partial charge in [0, 0.05) is 0 Å². The van der Waals surface area contributed by atoms with Gasteiger partial charge in [-0.05, 0) is 0 Å². The minimum absolute atomic E-state index is 0.905. The second-order valence-electron chi connectivity index (χ2n) is 1.87. The zero-order valence-electron chi connectivity index (χ0n) is 5.51. The summed E-state index contributed by atoms with van der Waals surface area (Å²) >= 11 is -1.14. The second kappa shape index (κ2) is 5.64. The van der Waals surface area contributed by atoms with Crippen molar-refractivity contribution < 1.29 is 0 Å². The number of nitriles is 1. The van der Waals surface area contributed by atoms with Crippen LogP contribution in [0.3, 0.4) is 0 Å². The van der Waals surface area contributed by atoms with Gasteiger partial charge >= 0.3 is 14.1 Å². The van der Waals surface area contributed by atoms with Crippen molar-refractivity contribution in [2.45, 2.75) is 10.6 Å². The summed E-state index contributed by atoms with van der Waals surface area (Å²) in [5.74, 6) is 0. The zero-order chi connectivity index (χ0) is 7.11. The van der Waals surface area contributed by atoms with E-state index in [4.69, 9.17) is 5.26 Å². The van der Waals surface area contributed by atoms with Gasteiger partial charge in [0.15, 0.2) is 0 Å². The third kappa shape index (κ3) is 4.04. The third-order valence-corrected chi connectivity index (χ3v) is 3.25. The molecule has 0 aliphatic carbocycles. The molecule has 0 atom stereocenters. The standard InChI is InChI=1S/2C3H5.CN.Al/c2*1-3-2;1-2;/h2*3H,1-2H2;;. The van der Waals surface area contributed by atoms with Crippen LogP contribution >= 0.6 is 0 Å². The van der Waals surface area contributed by atoms with E-state index in [2.05, 4.69) is 18.1 Å². The Morgan fingerprint density at radius 2 is 1.78 bits per heavy atom. The largest absolute Gasteiger partial charge is 0.430 e. The third-order valence-electron chi connectivity index (χ3n) is 1.08. The van der Waals surface area contributed by atoms with Crippen LogP contribution in [-0.4, -0.2) is 14.1 Å². The van der Waals surface area contributed by atoms with Crippen LogP contribution in [0.15, 0.2) is 25.3 Å². The predicted octanol–water partition coefficient (Wildman–Crippen LogP) is 1.92. The van der Waals surface area contributed by atoms with Gasteiger partial charge in [0.1, 0.15) is 0 Å². The normalized spacial score (nSPS) is 7.44. The highest BCUT2D eigenvalue weighted by Gasteiger charge is 2.12. The number of nitrogens with zero attached hydrogens (tertiary/aromatic N) is 1. The summed E-state index contributed by atoms with van der Waals surface area (Å²) in [6.07, 6.45) is 3.65. The fraction of sp³-hybridized carbons (Fsp3) is 0.286. The van der Waals surface area contributed by atoms with Gasteiger partial charge in [-0.1, -0.05) is 15.5 Å². The Morgan fingerprint density at radius 3 is 2.00 bits per heavy atom. The lowest BCUT2D eigenvalue weighted by atomic mass is 10.7. The summed E-state index contributed by atoms with van der Waals surface area (Å²) in [4.78, 5) is 2.30. The minimum Gasteiger partial charge on any atom is -0.225 e. The van der Waals surface area contributed by atoms with Crippen molar-refractivity contribution in [2.75, 3.05) is 0 Å². The molecular weight excluding hydrogens is 125 g/mol. The molecule has 0 bridgehead atoms. The van der Waals surface area contributed by atoms with Crippen molar-refractivity contribution in [3.05, 3.63) is 25.3 Å². The maximum atomic E-state index is 8.50. The zero-order valence-corrected chi connectivity index (χ0v) is 6.66. The SMILES string of the molecule is C=C[CH2][Al]([C]#N)[CH2]C=C. The van der Waals surface area contributed by atoms with Crippen LogP contribution in [0.5, 0.6) is 0 Å². The lowest BCUT2D eigenvalue weighted by Crippen LogP contribution is -2.05. The molecule has 0 spiro atoms. The molecule has 1 nitrogen and oxygen atoms in total.